The van der Waals surface area contributed by atoms with Crippen molar-refractivity contribution in [2.45, 2.75) is 6.04 Å². The van der Waals surface area contributed by atoms with Gasteiger partial charge in [0.2, 0.25) is 0 Å². The molecule has 0 spiro atoms. The third-order valence-electron chi connectivity index (χ3n) is 3.61. The summed E-state index contributed by atoms with van der Waals surface area (Å²) in [4.78, 5) is 15.0. The number of hydrogen-bond donors (Lipinski definition) is 2. The molecule has 0 unspecified atom stereocenters. The molecule has 3 N–H and O–H groups in total. The van der Waals surface area contributed by atoms with Gasteiger partial charge in [-0.05, 0) is 23.8 Å². The van der Waals surface area contributed by atoms with Gasteiger partial charge in [-0.3, -0.25) is 15.2 Å². The smallest absolute Gasteiger partial charge is 0.280 e. The molecule has 3 rings (SSSR count). The molecular weight excluding hydrogens is 310 g/mol. The van der Waals surface area contributed by atoms with Gasteiger partial charge in [-0.25, -0.2) is 4.98 Å². The summed E-state index contributed by atoms with van der Waals surface area (Å²) in [6.07, 6.45) is 0. The van der Waals surface area contributed by atoms with Gasteiger partial charge < -0.3 is 10.5 Å². The van der Waals surface area contributed by atoms with Gasteiger partial charge in [-0.2, -0.15) is 5.10 Å². The first-order valence-electron chi connectivity index (χ1n) is 7.15. The molecule has 8 nitrogen and oxygen atoms in total. The Labute approximate surface area is 137 Å². The average molecular weight is 325 g/mol. The topological polar surface area (TPSA) is 120 Å². The molecule has 1 heterocycles. The third-order valence-corrected chi connectivity index (χ3v) is 3.61. The zero-order chi connectivity index (χ0) is 17.1. The van der Waals surface area contributed by atoms with E-state index in [1.165, 1.54) is 6.07 Å². The van der Waals surface area contributed by atoms with Crippen LogP contribution in [-0.4, -0.2) is 27.2 Å². The van der Waals surface area contributed by atoms with E-state index in [1.807, 2.05) is 12.1 Å². The molecule has 0 fully saturated rings. The Morgan fingerprint density at radius 3 is 2.58 bits per heavy atom. The van der Waals surface area contributed by atoms with Crippen molar-refractivity contribution in [3.8, 4) is 17.1 Å². The van der Waals surface area contributed by atoms with Crippen molar-refractivity contribution in [2.24, 2.45) is 5.73 Å². The summed E-state index contributed by atoms with van der Waals surface area (Å²) in [6, 6.07) is 13.0. The van der Waals surface area contributed by atoms with E-state index in [1.54, 1.807) is 37.4 Å². The van der Waals surface area contributed by atoms with Crippen molar-refractivity contribution in [1.29, 1.82) is 0 Å². The Morgan fingerprint density at radius 2 is 1.92 bits per heavy atom. The molecule has 3 aromatic rings. The molecular formula is C16H15N5O3. The van der Waals surface area contributed by atoms with Gasteiger partial charge in [0.25, 0.3) is 5.69 Å². The predicted molar refractivity (Wildman–Crippen MR) is 87.5 cm³/mol. The lowest BCUT2D eigenvalue weighted by Gasteiger charge is -2.09. The van der Waals surface area contributed by atoms with Crippen LogP contribution in [0.25, 0.3) is 11.4 Å². The molecule has 24 heavy (non-hydrogen) atoms. The number of para-hydroxylation sites is 1. The highest BCUT2D eigenvalue weighted by molar-refractivity contribution is 5.67. The second kappa shape index (κ2) is 6.47. The number of nitrogens with zero attached hydrogens (tertiary/aromatic N) is 3. The van der Waals surface area contributed by atoms with Crippen LogP contribution in [0.5, 0.6) is 5.75 Å². The Morgan fingerprint density at radius 1 is 1.21 bits per heavy atom. The molecule has 2 aromatic carbocycles. The molecule has 0 aliphatic rings. The van der Waals surface area contributed by atoms with Crippen LogP contribution in [0.3, 0.4) is 0 Å². The summed E-state index contributed by atoms with van der Waals surface area (Å²) in [6.45, 7) is 0. The lowest BCUT2D eigenvalue weighted by atomic mass is 10.1. The van der Waals surface area contributed by atoms with E-state index >= 15 is 0 Å². The zero-order valence-electron chi connectivity index (χ0n) is 12.8. The molecule has 0 aliphatic heterocycles. The molecule has 0 bridgehead atoms. The van der Waals surface area contributed by atoms with Crippen LogP contribution in [0.4, 0.5) is 5.69 Å². The van der Waals surface area contributed by atoms with Gasteiger partial charge in [0.1, 0.15) is 11.6 Å². The monoisotopic (exact) mass is 325 g/mol. The normalized spacial score (nSPS) is 11.9. The number of benzene rings is 2. The first kappa shape index (κ1) is 15.6. The fraction of sp³-hybridized carbons (Fsp3) is 0.125. The lowest BCUT2D eigenvalue weighted by Crippen LogP contribution is -2.13. The molecule has 0 amide bonds. The van der Waals surface area contributed by atoms with Gasteiger partial charge in [-0.15, -0.1) is 0 Å². The van der Waals surface area contributed by atoms with Crippen LogP contribution in [0, 0.1) is 10.1 Å². The Hall–Kier alpha value is -3.26. The van der Waals surface area contributed by atoms with Gasteiger partial charge in [0.05, 0.1) is 23.6 Å². The summed E-state index contributed by atoms with van der Waals surface area (Å²) in [7, 11) is 1.59. The van der Waals surface area contributed by atoms with Gasteiger partial charge in [0.15, 0.2) is 5.82 Å². The van der Waals surface area contributed by atoms with E-state index in [2.05, 4.69) is 15.2 Å². The minimum Gasteiger partial charge on any atom is -0.497 e. The molecule has 0 saturated heterocycles. The molecule has 0 saturated carbocycles. The highest BCUT2D eigenvalue weighted by atomic mass is 16.6. The van der Waals surface area contributed by atoms with Crippen LogP contribution in [-0.2, 0) is 0 Å². The summed E-state index contributed by atoms with van der Waals surface area (Å²) < 4.78 is 5.11. The number of nitro benzene ring substituents is 1. The second-order valence-electron chi connectivity index (χ2n) is 5.07. The summed E-state index contributed by atoms with van der Waals surface area (Å²) in [5.74, 6) is 1.39. The minimum atomic E-state index is -0.528. The van der Waals surface area contributed by atoms with E-state index in [4.69, 9.17) is 10.5 Å². The fourth-order valence-electron chi connectivity index (χ4n) is 2.32. The number of aromatic amines is 1. The maximum Gasteiger partial charge on any atom is 0.280 e. The van der Waals surface area contributed by atoms with Crippen LogP contribution in [0.15, 0.2) is 48.5 Å². The number of aromatic nitrogens is 3. The SMILES string of the molecule is COc1ccc([C@H](N)c2nc(-c3ccccc3[N+](=O)[O-])n[nH]2)cc1. The summed E-state index contributed by atoms with van der Waals surface area (Å²) in [5.41, 5.74) is 7.29. The van der Waals surface area contributed by atoms with Crippen molar-refractivity contribution in [2.75, 3.05) is 7.11 Å². The van der Waals surface area contributed by atoms with Crippen molar-refractivity contribution in [3.05, 3.63) is 70.0 Å². The number of nitrogens with two attached hydrogens (primary N) is 1. The van der Waals surface area contributed by atoms with Gasteiger partial charge in [0, 0.05) is 6.07 Å². The number of hydrogen-bond acceptors (Lipinski definition) is 6. The van der Waals surface area contributed by atoms with Crippen LogP contribution in [0.2, 0.25) is 0 Å². The molecule has 0 aliphatic carbocycles. The maximum atomic E-state index is 11.1. The molecule has 1 aromatic heterocycles. The molecule has 8 heteroatoms. The number of nitro groups is 1. The fourth-order valence-corrected chi connectivity index (χ4v) is 2.32. The van der Waals surface area contributed by atoms with Crippen molar-refractivity contribution < 1.29 is 9.66 Å². The molecule has 0 radical (unpaired) electrons. The average Bonchev–Trinajstić information content (AvgIpc) is 3.11. The number of H-pyrrole nitrogens is 1. The Balaban J connectivity index is 1.91. The number of methoxy groups -OCH3 is 1. The van der Waals surface area contributed by atoms with Crippen LogP contribution >= 0.6 is 0 Å². The molecule has 122 valence electrons. The van der Waals surface area contributed by atoms with Crippen LogP contribution in [0.1, 0.15) is 17.4 Å². The van der Waals surface area contributed by atoms with Crippen molar-refractivity contribution >= 4 is 5.69 Å². The molecule has 1 atom stereocenters. The summed E-state index contributed by atoms with van der Waals surface area (Å²) in [5, 5.41) is 17.9. The van der Waals surface area contributed by atoms with E-state index in [9.17, 15) is 10.1 Å². The number of rotatable bonds is 5. The maximum absolute atomic E-state index is 11.1. The van der Waals surface area contributed by atoms with Crippen LogP contribution < -0.4 is 10.5 Å². The van der Waals surface area contributed by atoms with Crippen molar-refractivity contribution in [1.82, 2.24) is 15.2 Å². The largest absolute Gasteiger partial charge is 0.497 e. The first-order chi connectivity index (χ1) is 11.6. The van der Waals surface area contributed by atoms with E-state index in [0.717, 1.165) is 11.3 Å². The summed E-state index contributed by atoms with van der Waals surface area (Å²) >= 11 is 0. The highest BCUT2D eigenvalue weighted by Gasteiger charge is 2.20. The first-order valence-corrected chi connectivity index (χ1v) is 7.15. The number of nitrogens with one attached hydrogen (secondary N) is 1. The number of ether oxygens (including phenoxy) is 1. The Kier molecular flexibility index (Phi) is 4.21. The lowest BCUT2D eigenvalue weighted by molar-refractivity contribution is -0.384. The zero-order valence-corrected chi connectivity index (χ0v) is 12.8. The van der Waals surface area contributed by atoms with Gasteiger partial charge >= 0.3 is 0 Å². The van der Waals surface area contributed by atoms with Crippen molar-refractivity contribution in [3.63, 3.8) is 0 Å². The van der Waals surface area contributed by atoms with E-state index in [0.29, 0.717) is 11.4 Å². The predicted octanol–water partition coefficient (Wildman–Crippen LogP) is 2.44. The highest BCUT2D eigenvalue weighted by Crippen LogP contribution is 2.28. The second-order valence-corrected chi connectivity index (χ2v) is 5.07. The van der Waals surface area contributed by atoms with Gasteiger partial charge in [-0.1, -0.05) is 24.3 Å². The minimum absolute atomic E-state index is 0.0546. The third kappa shape index (κ3) is 2.95. The standard InChI is InChI=1S/C16H15N5O3/c1-24-11-8-6-10(7-9-11)14(17)16-18-15(19-20-16)12-4-2-3-5-13(12)21(22)23/h2-9,14H,17H2,1H3,(H,18,19,20)/t14-/m0/s1. The Bertz CT molecular complexity index is 860. The van der Waals surface area contributed by atoms with E-state index in [-0.39, 0.29) is 11.5 Å². The van der Waals surface area contributed by atoms with E-state index < -0.39 is 11.0 Å². The quantitative estimate of drug-likeness (QED) is 0.549.